The Morgan fingerprint density at radius 2 is 2.19 bits per heavy atom. The van der Waals surface area contributed by atoms with E-state index in [2.05, 4.69) is 20.5 Å². The number of carbonyl (C=O) groups is 1. The first kappa shape index (κ1) is 12.6. The molecule has 0 aromatic carbocycles. The molecule has 90 valence electrons. The van der Waals surface area contributed by atoms with E-state index in [4.69, 9.17) is 0 Å². The Morgan fingerprint density at radius 3 is 2.69 bits per heavy atom. The molecule has 1 aromatic heterocycles. The standard InChI is InChI=1S/C8H14N4O3S/c1-3-16(14,15)5-4-9-8(13)7-10-6(2)11-12-7/h3-5H2,1-2H3,(H,9,13)(H,10,11,12). The number of hydrogen-bond donors (Lipinski definition) is 2. The predicted molar refractivity (Wildman–Crippen MR) is 57.8 cm³/mol. The van der Waals surface area contributed by atoms with Gasteiger partial charge >= 0.3 is 0 Å². The number of nitrogens with zero attached hydrogens (tertiary/aromatic N) is 2. The van der Waals surface area contributed by atoms with E-state index in [9.17, 15) is 13.2 Å². The van der Waals surface area contributed by atoms with Gasteiger partial charge in [0.15, 0.2) is 9.84 Å². The van der Waals surface area contributed by atoms with Gasteiger partial charge in [0.2, 0.25) is 5.82 Å². The van der Waals surface area contributed by atoms with Crippen molar-refractivity contribution < 1.29 is 13.2 Å². The van der Waals surface area contributed by atoms with Crippen LogP contribution in [0.2, 0.25) is 0 Å². The van der Waals surface area contributed by atoms with Crippen LogP contribution in [0.5, 0.6) is 0 Å². The Kier molecular flexibility index (Phi) is 3.99. The van der Waals surface area contributed by atoms with Crippen molar-refractivity contribution in [1.82, 2.24) is 20.5 Å². The number of carbonyl (C=O) groups excluding carboxylic acids is 1. The van der Waals surface area contributed by atoms with E-state index < -0.39 is 15.7 Å². The molecule has 1 aromatic rings. The Morgan fingerprint density at radius 1 is 1.50 bits per heavy atom. The topological polar surface area (TPSA) is 105 Å². The summed E-state index contributed by atoms with van der Waals surface area (Å²) in [6, 6.07) is 0. The highest BCUT2D eigenvalue weighted by molar-refractivity contribution is 7.91. The molecule has 16 heavy (non-hydrogen) atoms. The Labute approximate surface area is 93.6 Å². The quantitative estimate of drug-likeness (QED) is 0.713. The monoisotopic (exact) mass is 246 g/mol. The molecule has 0 fully saturated rings. The van der Waals surface area contributed by atoms with E-state index in [-0.39, 0.29) is 23.9 Å². The highest BCUT2D eigenvalue weighted by Gasteiger charge is 2.12. The SMILES string of the molecule is CCS(=O)(=O)CCNC(=O)c1n[nH]c(C)n1. The van der Waals surface area contributed by atoms with Crippen molar-refractivity contribution in [3.8, 4) is 0 Å². The van der Waals surface area contributed by atoms with Crippen molar-refractivity contribution in [2.45, 2.75) is 13.8 Å². The number of amides is 1. The fraction of sp³-hybridized carbons (Fsp3) is 0.625. The summed E-state index contributed by atoms with van der Waals surface area (Å²) in [5, 5.41) is 8.62. The number of nitrogens with one attached hydrogen (secondary N) is 2. The largest absolute Gasteiger partial charge is 0.348 e. The van der Waals surface area contributed by atoms with Gasteiger partial charge in [-0.1, -0.05) is 6.92 Å². The van der Waals surface area contributed by atoms with Crippen LogP contribution in [0.4, 0.5) is 0 Å². The minimum atomic E-state index is -3.06. The van der Waals surface area contributed by atoms with Crippen LogP contribution in [0.15, 0.2) is 0 Å². The third-order valence-electron chi connectivity index (χ3n) is 1.94. The summed E-state index contributed by atoms with van der Waals surface area (Å²) in [5.41, 5.74) is 0. The number of rotatable bonds is 5. The highest BCUT2D eigenvalue weighted by atomic mass is 32.2. The van der Waals surface area contributed by atoms with Crippen molar-refractivity contribution in [1.29, 1.82) is 0 Å². The zero-order chi connectivity index (χ0) is 12.2. The lowest BCUT2D eigenvalue weighted by molar-refractivity contribution is 0.0946. The summed E-state index contributed by atoms with van der Waals surface area (Å²) in [7, 11) is -3.06. The molecule has 0 bridgehead atoms. The molecule has 0 spiro atoms. The smallest absolute Gasteiger partial charge is 0.290 e. The molecular formula is C8H14N4O3S. The summed E-state index contributed by atoms with van der Waals surface area (Å²) >= 11 is 0. The van der Waals surface area contributed by atoms with Crippen LogP contribution in [-0.2, 0) is 9.84 Å². The van der Waals surface area contributed by atoms with Gasteiger partial charge in [0.1, 0.15) is 5.82 Å². The van der Waals surface area contributed by atoms with Crippen LogP contribution < -0.4 is 5.32 Å². The molecule has 0 saturated carbocycles. The third-order valence-corrected chi connectivity index (χ3v) is 3.64. The Balaban J connectivity index is 2.43. The van der Waals surface area contributed by atoms with E-state index in [0.29, 0.717) is 5.82 Å². The second-order valence-corrected chi connectivity index (χ2v) is 5.71. The van der Waals surface area contributed by atoms with Crippen molar-refractivity contribution in [2.24, 2.45) is 0 Å². The van der Waals surface area contributed by atoms with Gasteiger partial charge in [-0.25, -0.2) is 13.4 Å². The molecule has 0 aliphatic heterocycles. The maximum absolute atomic E-state index is 11.4. The molecule has 0 aliphatic carbocycles. The van der Waals surface area contributed by atoms with Crippen LogP contribution in [0.25, 0.3) is 0 Å². The molecule has 0 aliphatic rings. The highest BCUT2D eigenvalue weighted by Crippen LogP contribution is 1.91. The predicted octanol–water partition coefficient (Wildman–Crippen LogP) is -0.722. The van der Waals surface area contributed by atoms with Crippen LogP contribution >= 0.6 is 0 Å². The third kappa shape index (κ3) is 3.61. The zero-order valence-corrected chi connectivity index (χ0v) is 9.97. The van der Waals surface area contributed by atoms with Crippen LogP contribution in [0.1, 0.15) is 23.4 Å². The molecule has 1 amide bonds. The summed E-state index contributed by atoms with van der Waals surface area (Å²) < 4.78 is 22.3. The number of sulfone groups is 1. The van der Waals surface area contributed by atoms with Gasteiger partial charge in [-0.05, 0) is 6.92 Å². The fourth-order valence-corrected chi connectivity index (χ4v) is 1.69. The summed E-state index contributed by atoms with van der Waals surface area (Å²) in [6.07, 6.45) is 0. The van der Waals surface area contributed by atoms with Gasteiger partial charge in [-0.2, -0.15) is 0 Å². The lowest BCUT2D eigenvalue weighted by Gasteiger charge is -2.02. The lowest BCUT2D eigenvalue weighted by atomic mass is 10.5. The van der Waals surface area contributed by atoms with Gasteiger partial charge < -0.3 is 5.32 Å². The van der Waals surface area contributed by atoms with Crippen LogP contribution in [-0.4, -0.2) is 47.6 Å². The maximum Gasteiger partial charge on any atom is 0.290 e. The first-order valence-electron chi connectivity index (χ1n) is 4.82. The maximum atomic E-state index is 11.4. The average Bonchev–Trinajstić information content (AvgIpc) is 2.64. The van der Waals surface area contributed by atoms with E-state index in [0.717, 1.165) is 0 Å². The van der Waals surface area contributed by atoms with Crippen molar-refractivity contribution in [3.05, 3.63) is 11.6 Å². The van der Waals surface area contributed by atoms with E-state index >= 15 is 0 Å². The molecule has 0 unspecified atom stereocenters. The Bertz CT molecular complexity index is 465. The molecule has 1 rings (SSSR count). The first-order valence-corrected chi connectivity index (χ1v) is 6.64. The number of aromatic amines is 1. The van der Waals surface area contributed by atoms with Crippen molar-refractivity contribution in [3.63, 3.8) is 0 Å². The summed E-state index contributed by atoms with van der Waals surface area (Å²) in [5.74, 6) is 0.0785. The Hall–Kier alpha value is -1.44. The van der Waals surface area contributed by atoms with Gasteiger partial charge in [0.05, 0.1) is 5.75 Å². The molecule has 8 heteroatoms. The number of aromatic nitrogens is 3. The fourth-order valence-electron chi connectivity index (χ4n) is 0.988. The second-order valence-electron chi connectivity index (χ2n) is 3.24. The van der Waals surface area contributed by atoms with Crippen molar-refractivity contribution in [2.75, 3.05) is 18.1 Å². The van der Waals surface area contributed by atoms with Gasteiger partial charge in [0, 0.05) is 12.3 Å². The van der Waals surface area contributed by atoms with Crippen LogP contribution in [0, 0.1) is 6.92 Å². The average molecular weight is 246 g/mol. The molecular weight excluding hydrogens is 232 g/mol. The summed E-state index contributed by atoms with van der Waals surface area (Å²) in [4.78, 5) is 15.2. The second kappa shape index (κ2) is 5.06. The molecule has 0 saturated heterocycles. The molecule has 1 heterocycles. The van der Waals surface area contributed by atoms with E-state index in [1.807, 2.05) is 0 Å². The minimum absolute atomic E-state index is 0.0198. The van der Waals surface area contributed by atoms with E-state index in [1.54, 1.807) is 13.8 Å². The molecule has 0 atom stereocenters. The first-order chi connectivity index (χ1) is 7.44. The van der Waals surface area contributed by atoms with E-state index in [1.165, 1.54) is 0 Å². The summed E-state index contributed by atoms with van der Waals surface area (Å²) in [6.45, 7) is 3.31. The molecule has 0 radical (unpaired) electrons. The lowest BCUT2D eigenvalue weighted by Crippen LogP contribution is -2.30. The van der Waals surface area contributed by atoms with Gasteiger partial charge in [0.25, 0.3) is 5.91 Å². The number of aryl methyl sites for hydroxylation is 1. The molecule has 7 nitrogen and oxygen atoms in total. The minimum Gasteiger partial charge on any atom is -0.348 e. The number of H-pyrrole nitrogens is 1. The number of hydrogen-bond acceptors (Lipinski definition) is 5. The van der Waals surface area contributed by atoms with Crippen molar-refractivity contribution >= 4 is 15.7 Å². The van der Waals surface area contributed by atoms with Crippen LogP contribution in [0.3, 0.4) is 0 Å². The normalized spacial score (nSPS) is 11.4. The van der Waals surface area contributed by atoms with Gasteiger partial charge in [-0.15, -0.1) is 5.10 Å². The van der Waals surface area contributed by atoms with Gasteiger partial charge in [-0.3, -0.25) is 9.89 Å². The molecule has 2 N–H and O–H groups in total. The zero-order valence-electron chi connectivity index (χ0n) is 9.15.